The molecule has 15 heavy (non-hydrogen) atoms. The molecule has 2 unspecified atom stereocenters. The largest absolute Gasteiger partial charge is 0.496 e. The van der Waals surface area contributed by atoms with Crippen LogP contribution in [0.4, 0.5) is 0 Å². The number of aryl methyl sites for hydroxylation is 1. The molecule has 0 heterocycles. The van der Waals surface area contributed by atoms with E-state index in [-0.39, 0.29) is 0 Å². The van der Waals surface area contributed by atoms with Gasteiger partial charge in [-0.15, -0.1) is 0 Å². The van der Waals surface area contributed by atoms with Crippen LogP contribution < -0.4 is 10.5 Å². The highest BCUT2D eigenvalue weighted by molar-refractivity contribution is 5.40. The molecule has 0 amide bonds. The summed E-state index contributed by atoms with van der Waals surface area (Å²) in [5.41, 5.74) is 8.71. The standard InChI is InChI=1S/C13H19NO/c1-9-6-7-13(15-2)11(8-9)10-4-3-5-12(10)14/h6-8,10,12H,3-5,14H2,1-2H3. The first-order valence-corrected chi connectivity index (χ1v) is 5.62. The predicted octanol–water partition coefficient (Wildman–Crippen LogP) is 2.60. The van der Waals surface area contributed by atoms with E-state index < -0.39 is 0 Å². The third-order valence-electron chi connectivity index (χ3n) is 3.35. The van der Waals surface area contributed by atoms with Crippen molar-refractivity contribution in [2.24, 2.45) is 5.73 Å². The van der Waals surface area contributed by atoms with E-state index in [1.54, 1.807) is 7.11 Å². The van der Waals surface area contributed by atoms with Crippen molar-refractivity contribution < 1.29 is 4.74 Å². The molecule has 0 aliphatic heterocycles. The van der Waals surface area contributed by atoms with E-state index in [1.165, 1.54) is 24.0 Å². The molecule has 1 aromatic rings. The number of benzene rings is 1. The average molecular weight is 205 g/mol. The Bertz CT molecular complexity index is 348. The number of methoxy groups -OCH3 is 1. The molecule has 0 saturated heterocycles. The van der Waals surface area contributed by atoms with Gasteiger partial charge in [0.15, 0.2) is 0 Å². The zero-order valence-corrected chi connectivity index (χ0v) is 9.49. The van der Waals surface area contributed by atoms with E-state index in [0.717, 1.165) is 12.2 Å². The van der Waals surface area contributed by atoms with Crippen molar-refractivity contribution in [3.8, 4) is 5.75 Å². The number of hydrogen-bond acceptors (Lipinski definition) is 2. The summed E-state index contributed by atoms with van der Waals surface area (Å²) in [6, 6.07) is 6.66. The monoisotopic (exact) mass is 205 g/mol. The minimum Gasteiger partial charge on any atom is -0.496 e. The lowest BCUT2D eigenvalue weighted by Crippen LogP contribution is -2.23. The molecular formula is C13H19NO. The smallest absolute Gasteiger partial charge is 0.122 e. The highest BCUT2D eigenvalue weighted by Crippen LogP contribution is 2.38. The molecule has 82 valence electrons. The third-order valence-corrected chi connectivity index (χ3v) is 3.35. The Labute approximate surface area is 91.4 Å². The molecule has 2 heteroatoms. The Morgan fingerprint density at radius 1 is 1.33 bits per heavy atom. The Morgan fingerprint density at radius 2 is 2.13 bits per heavy atom. The van der Waals surface area contributed by atoms with Crippen LogP contribution in [0.25, 0.3) is 0 Å². The molecular weight excluding hydrogens is 186 g/mol. The van der Waals surface area contributed by atoms with Crippen LogP contribution in [0.2, 0.25) is 0 Å². The molecule has 1 aliphatic carbocycles. The minimum absolute atomic E-state index is 0.306. The van der Waals surface area contributed by atoms with Crippen molar-refractivity contribution >= 4 is 0 Å². The summed E-state index contributed by atoms with van der Waals surface area (Å²) in [6.45, 7) is 2.11. The lowest BCUT2D eigenvalue weighted by atomic mass is 9.92. The van der Waals surface area contributed by atoms with Gasteiger partial charge in [-0.3, -0.25) is 0 Å². The van der Waals surface area contributed by atoms with Crippen molar-refractivity contribution in [2.75, 3.05) is 7.11 Å². The van der Waals surface area contributed by atoms with E-state index in [4.69, 9.17) is 10.5 Å². The molecule has 1 aliphatic rings. The SMILES string of the molecule is COc1ccc(C)cc1C1CCCC1N. The lowest BCUT2D eigenvalue weighted by Gasteiger charge is -2.19. The highest BCUT2D eigenvalue weighted by atomic mass is 16.5. The van der Waals surface area contributed by atoms with E-state index in [0.29, 0.717) is 12.0 Å². The summed E-state index contributed by atoms with van der Waals surface area (Å²) in [5.74, 6) is 1.47. The zero-order valence-electron chi connectivity index (χ0n) is 9.49. The minimum atomic E-state index is 0.306. The van der Waals surface area contributed by atoms with Gasteiger partial charge in [-0.2, -0.15) is 0 Å². The van der Waals surface area contributed by atoms with Gasteiger partial charge in [0.05, 0.1) is 7.11 Å². The summed E-state index contributed by atoms with van der Waals surface area (Å²) < 4.78 is 5.41. The second-order valence-electron chi connectivity index (χ2n) is 4.45. The van der Waals surface area contributed by atoms with Gasteiger partial charge in [-0.1, -0.05) is 24.1 Å². The molecule has 2 N–H and O–H groups in total. The van der Waals surface area contributed by atoms with Crippen molar-refractivity contribution in [1.29, 1.82) is 0 Å². The van der Waals surface area contributed by atoms with Gasteiger partial charge in [-0.25, -0.2) is 0 Å². The van der Waals surface area contributed by atoms with Gasteiger partial charge in [0.1, 0.15) is 5.75 Å². The fraction of sp³-hybridized carbons (Fsp3) is 0.538. The molecule has 0 spiro atoms. The van der Waals surface area contributed by atoms with Gasteiger partial charge in [0.25, 0.3) is 0 Å². The molecule has 2 nitrogen and oxygen atoms in total. The van der Waals surface area contributed by atoms with Crippen LogP contribution in [0.15, 0.2) is 18.2 Å². The summed E-state index contributed by atoms with van der Waals surface area (Å²) in [6.07, 6.45) is 3.58. The first-order chi connectivity index (χ1) is 7.22. The summed E-state index contributed by atoms with van der Waals surface area (Å²) in [5, 5.41) is 0. The molecule has 0 radical (unpaired) electrons. The van der Waals surface area contributed by atoms with Gasteiger partial charge in [0.2, 0.25) is 0 Å². The van der Waals surface area contributed by atoms with Crippen LogP contribution in [0.5, 0.6) is 5.75 Å². The topological polar surface area (TPSA) is 35.2 Å². The van der Waals surface area contributed by atoms with Crippen molar-refractivity contribution in [3.63, 3.8) is 0 Å². The van der Waals surface area contributed by atoms with Crippen LogP contribution in [0, 0.1) is 6.92 Å². The molecule has 0 aromatic heterocycles. The molecule has 1 saturated carbocycles. The first-order valence-electron chi connectivity index (χ1n) is 5.62. The average Bonchev–Trinajstić information content (AvgIpc) is 2.64. The number of hydrogen-bond donors (Lipinski definition) is 1. The van der Waals surface area contributed by atoms with Gasteiger partial charge in [0, 0.05) is 12.0 Å². The van der Waals surface area contributed by atoms with Crippen LogP contribution in [-0.4, -0.2) is 13.2 Å². The van der Waals surface area contributed by atoms with Crippen molar-refractivity contribution in [1.82, 2.24) is 0 Å². The summed E-state index contributed by atoms with van der Waals surface area (Å²) in [7, 11) is 1.73. The Kier molecular flexibility index (Phi) is 2.96. The zero-order chi connectivity index (χ0) is 10.8. The highest BCUT2D eigenvalue weighted by Gasteiger charge is 2.27. The number of rotatable bonds is 2. The fourth-order valence-corrected chi connectivity index (χ4v) is 2.52. The maximum atomic E-state index is 6.13. The third kappa shape index (κ3) is 2.00. The van der Waals surface area contributed by atoms with Gasteiger partial charge >= 0.3 is 0 Å². The molecule has 1 aromatic carbocycles. The van der Waals surface area contributed by atoms with Gasteiger partial charge in [-0.05, 0) is 31.4 Å². The first kappa shape index (κ1) is 10.5. The second-order valence-corrected chi connectivity index (χ2v) is 4.45. The molecule has 1 fully saturated rings. The molecule has 2 rings (SSSR count). The van der Waals surface area contributed by atoms with Crippen LogP contribution in [-0.2, 0) is 0 Å². The van der Waals surface area contributed by atoms with Crippen LogP contribution >= 0.6 is 0 Å². The van der Waals surface area contributed by atoms with E-state index in [1.807, 2.05) is 0 Å². The summed E-state index contributed by atoms with van der Waals surface area (Å²) >= 11 is 0. The maximum absolute atomic E-state index is 6.13. The Hall–Kier alpha value is -1.02. The lowest BCUT2D eigenvalue weighted by molar-refractivity contribution is 0.403. The maximum Gasteiger partial charge on any atom is 0.122 e. The van der Waals surface area contributed by atoms with Crippen molar-refractivity contribution in [3.05, 3.63) is 29.3 Å². The van der Waals surface area contributed by atoms with Crippen LogP contribution in [0.1, 0.15) is 36.3 Å². The van der Waals surface area contributed by atoms with E-state index in [2.05, 4.69) is 25.1 Å². The quantitative estimate of drug-likeness (QED) is 0.805. The van der Waals surface area contributed by atoms with E-state index >= 15 is 0 Å². The second kappa shape index (κ2) is 4.23. The number of nitrogens with two attached hydrogens (primary N) is 1. The fourth-order valence-electron chi connectivity index (χ4n) is 2.52. The molecule has 2 atom stereocenters. The van der Waals surface area contributed by atoms with Crippen molar-refractivity contribution in [2.45, 2.75) is 38.1 Å². The Morgan fingerprint density at radius 3 is 2.73 bits per heavy atom. The normalized spacial score (nSPS) is 25.5. The van der Waals surface area contributed by atoms with E-state index in [9.17, 15) is 0 Å². The molecule has 0 bridgehead atoms. The Balaban J connectivity index is 2.36. The number of ether oxygens (including phenoxy) is 1. The van der Waals surface area contributed by atoms with Crippen LogP contribution in [0.3, 0.4) is 0 Å². The summed E-state index contributed by atoms with van der Waals surface area (Å²) in [4.78, 5) is 0. The van der Waals surface area contributed by atoms with Gasteiger partial charge < -0.3 is 10.5 Å². The predicted molar refractivity (Wildman–Crippen MR) is 62.3 cm³/mol.